The second-order valence-electron chi connectivity index (χ2n) is 7.00. The van der Waals surface area contributed by atoms with Crippen molar-refractivity contribution >= 4 is 18.3 Å². The molecule has 1 amide bonds. The molecule has 2 saturated carbocycles. The average Bonchev–Trinajstić information content (AvgIpc) is 2.96. The van der Waals surface area contributed by atoms with E-state index in [4.69, 9.17) is 5.73 Å². The summed E-state index contributed by atoms with van der Waals surface area (Å²) in [5, 5.41) is 0. The molecule has 0 aromatic rings. The number of carbonyl (C=O) groups excluding carboxylic acids is 1. The highest BCUT2D eigenvalue weighted by molar-refractivity contribution is 5.85. The highest BCUT2D eigenvalue weighted by Crippen LogP contribution is 2.42. The van der Waals surface area contributed by atoms with Gasteiger partial charge < -0.3 is 10.6 Å². The lowest BCUT2D eigenvalue weighted by atomic mass is 9.78. The predicted molar refractivity (Wildman–Crippen MR) is 79.2 cm³/mol. The molecular weight excluding hydrogens is 260 g/mol. The van der Waals surface area contributed by atoms with Gasteiger partial charge >= 0.3 is 0 Å². The molecule has 110 valence electrons. The first-order valence-electron chi connectivity index (χ1n) is 7.65. The summed E-state index contributed by atoms with van der Waals surface area (Å²) in [5.74, 6) is 1.68. The third kappa shape index (κ3) is 2.64. The van der Waals surface area contributed by atoms with E-state index in [0.29, 0.717) is 23.8 Å². The van der Waals surface area contributed by atoms with Crippen molar-refractivity contribution < 1.29 is 4.79 Å². The van der Waals surface area contributed by atoms with Crippen LogP contribution in [0.2, 0.25) is 0 Å². The predicted octanol–water partition coefficient (Wildman–Crippen LogP) is 2.57. The van der Waals surface area contributed by atoms with E-state index in [9.17, 15) is 4.79 Å². The molecule has 0 bridgehead atoms. The van der Waals surface area contributed by atoms with Gasteiger partial charge in [0, 0.05) is 24.5 Å². The second-order valence-corrected chi connectivity index (χ2v) is 7.00. The number of halogens is 1. The molecule has 3 aliphatic rings. The van der Waals surface area contributed by atoms with Crippen molar-refractivity contribution in [3.05, 3.63) is 0 Å². The minimum absolute atomic E-state index is 0. The number of rotatable bonds is 1. The third-order valence-corrected chi connectivity index (χ3v) is 5.66. The van der Waals surface area contributed by atoms with Crippen molar-refractivity contribution in [2.24, 2.45) is 23.0 Å². The molecule has 3 nitrogen and oxygen atoms in total. The Labute approximate surface area is 122 Å². The highest BCUT2D eigenvalue weighted by Gasteiger charge is 2.45. The third-order valence-electron chi connectivity index (χ3n) is 5.66. The van der Waals surface area contributed by atoms with E-state index in [1.165, 1.54) is 25.7 Å². The molecule has 19 heavy (non-hydrogen) atoms. The molecular formula is C15H27ClN2O. The SMILES string of the molecule is CC1(C(=O)N2CC3CCCC(N)C3C2)CCCC1.Cl. The van der Waals surface area contributed by atoms with Crippen molar-refractivity contribution in [3.63, 3.8) is 0 Å². The summed E-state index contributed by atoms with van der Waals surface area (Å²) in [6.07, 6.45) is 8.30. The van der Waals surface area contributed by atoms with E-state index in [0.717, 1.165) is 32.4 Å². The van der Waals surface area contributed by atoms with Crippen LogP contribution in [0.15, 0.2) is 0 Å². The maximum absolute atomic E-state index is 12.7. The van der Waals surface area contributed by atoms with Gasteiger partial charge in [0.25, 0.3) is 0 Å². The highest BCUT2D eigenvalue weighted by atomic mass is 35.5. The molecule has 3 rings (SSSR count). The molecule has 2 aliphatic carbocycles. The van der Waals surface area contributed by atoms with Crippen LogP contribution in [-0.4, -0.2) is 29.9 Å². The van der Waals surface area contributed by atoms with Gasteiger partial charge in [-0.25, -0.2) is 0 Å². The van der Waals surface area contributed by atoms with Gasteiger partial charge in [-0.1, -0.05) is 26.2 Å². The summed E-state index contributed by atoms with van der Waals surface area (Å²) >= 11 is 0. The van der Waals surface area contributed by atoms with Gasteiger partial charge in [0.15, 0.2) is 0 Å². The maximum Gasteiger partial charge on any atom is 0.228 e. The van der Waals surface area contributed by atoms with Crippen LogP contribution in [0, 0.1) is 17.3 Å². The zero-order valence-corrected chi connectivity index (χ0v) is 12.8. The number of hydrogen-bond donors (Lipinski definition) is 1. The number of fused-ring (bicyclic) bond motifs is 1. The summed E-state index contributed by atoms with van der Waals surface area (Å²) in [4.78, 5) is 14.8. The van der Waals surface area contributed by atoms with Crippen LogP contribution < -0.4 is 5.73 Å². The Kier molecular flexibility index (Phi) is 4.46. The number of amides is 1. The molecule has 1 heterocycles. The van der Waals surface area contributed by atoms with Crippen LogP contribution in [0.5, 0.6) is 0 Å². The number of hydrogen-bond acceptors (Lipinski definition) is 2. The normalized spacial score (nSPS) is 36.7. The molecule has 0 aromatic heterocycles. The van der Waals surface area contributed by atoms with Crippen molar-refractivity contribution in [1.82, 2.24) is 4.90 Å². The number of carbonyl (C=O) groups is 1. The second kappa shape index (κ2) is 5.61. The zero-order chi connectivity index (χ0) is 12.8. The molecule has 0 radical (unpaired) electrons. The fourth-order valence-corrected chi connectivity index (χ4v) is 4.43. The first kappa shape index (κ1) is 15.1. The summed E-state index contributed by atoms with van der Waals surface area (Å²) in [7, 11) is 0. The van der Waals surface area contributed by atoms with Crippen molar-refractivity contribution in [3.8, 4) is 0 Å². The lowest BCUT2D eigenvalue weighted by molar-refractivity contribution is -0.140. The zero-order valence-electron chi connectivity index (χ0n) is 11.9. The minimum atomic E-state index is -0.0579. The first-order chi connectivity index (χ1) is 8.60. The van der Waals surface area contributed by atoms with Gasteiger partial charge in [-0.3, -0.25) is 4.79 Å². The molecule has 0 aromatic carbocycles. The van der Waals surface area contributed by atoms with Gasteiger partial charge in [-0.05, 0) is 37.5 Å². The average molecular weight is 287 g/mol. The Morgan fingerprint density at radius 2 is 1.84 bits per heavy atom. The Morgan fingerprint density at radius 3 is 2.47 bits per heavy atom. The standard InChI is InChI=1S/C15H26N2O.ClH/c1-15(7-2-3-8-15)14(18)17-9-11-5-4-6-13(16)12(11)10-17;/h11-13H,2-10,16H2,1H3;1H. The molecule has 3 fully saturated rings. The molecule has 3 unspecified atom stereocenters. The van der Waals surface area contributed by atoms with Crippen LogP contribution in [0.3, 0.4) is 0 Å². The fraction of sp³-hybridized carbons (Fsp3) is 0.933. The van der Waals surface area contributed by atoms with Crippen LogP contribution in [0.4, 0.5) is 0 Å². The first-order valence-corrected chi connectivity index (χ1v) is 7.65. The Balaban J connectivity index is 0.00000133. The smallest absolute Gasteiger partial charge is 0.228 e. The van der Waals surface area contributed by atoms with Crippen molar-refractivity contribution in [2.45, 2.75) is 57.9 Å². The van der Waals surface area contributed by atoms with Crippen LogP contribution >= 0.6 is 12.4 Å². The van der Waals surface area contributed by atoms with E-state index in [1.54, 1.807) is 0 Å². The quantitative estimate of drug-likeness (QED) is 0.805. The molecule has 2 N–H and O–H groups in total. The topological polar surface area (TPSA) is 46.3 Å². The van der Waals surface area contributed by atoms with Gasteiger partial charge in [0.1, 0.15) is 0 Å². The van der Waals surface area contributed by atoms with Gasteiger partial charge in [0.05, 0.1) is 0 Å². The molecule has 3 atom stereocenters. The van der Waals surface area contributed by atoms with E-state index in [2.05, 4.69) is 11.8 Å². The Morgan fingerprint density at radius 1 is 1.16 bits per heavy atom. The van der Waals surface area contributed by atoms with E-state index in [-0.39, 0.29) is 17.8 Å². The van der Waals surface area contributed by atoms with Crippen LogP contribution in [0.1, 0.15) is 51.9 Å². The molecule has 0 spiro atoms. The summed E-state index contributed by atoms with van der Waals surface area (Å²) < 4.78 is 0. The summed E-state index contributed by atoms with van der Waals surface area (Å²) in [6, 6.07) is 0.331. The van der Waals surface area contributed by atoms with E-state index < -0.39 is 0 Å². The summed E-state index contributed by atoms with van der Waals surface area (Å²) in [6.45, 7) is 4.08. The van der Waals surface area contributed by atoms with E-state index in [1.807, 2.05) is 0 Å². The maximum atomic E-state index is 12.7. The number of nitrogens with two attached hydrogens (primary N) is 1. The lowest BCUT2D eigenvalue weighted by Gasteiger charge is -2.30. The van der Waals surface area contributed by atoms with Gasteiger partial charge in [-0.2, -0.15) is 0 Å². The molecule has 1 saturated heterocycles. The Bertz CT molecular complexity index is 341. The van der Waals surface area contributed by atoms with E-state index >= 15 is 0 Å². The number of nitrogens with zero attached hydrogens (tertiary/aromatic N) is 1. The molecule has 1 aliphatic heterocycles. The van der Waals surface area contributed by atoms with Crippen molar-refractivity contribution in [1.29, 1.82) is 0 Å². The van der Waals surface area contributed by atoms with Crippen molar-refractivity contribution in [2.75, 3.05) is 13.1 Å². The lowest BCUT2D eigenvalue weighted by Crippen LogP contribution is -2.41. The molecule has 4 heteroatoms. The van der Waals surface area contributed by atoms with Crippen LogP contribution in [0.25, 0.3) is 0 Å². The summed E-state index contributed by atoms with van der Waals surface area (Å²) in [5.41, 5.74) is 6.17. The monoisotopic (exact) mass is 286 g/mol. The largest absolute Gasteiger partial charge is 0.342 e. The minimum Gasteiger partial charge on any atom is -0.342 e. The van der Waals surface area contributed by atoms with Gasteiger partial charge in [-0.15, -0.1) is 12.4 Å². The Hall–Kier alpha value is -0.280. The fourth-order valence-electron chi connectivity index (χ4n) is 4.43. The number of likely N-dealkylation sites (tertiary alicyclic amines) is 1. The van der Waals surface area contributed by atoms with Gasteiger partial charge in [0.2, 0.25) is 5.91 Å². The van der Waals surface area contributed by atoms with Crippen LogP contribution in [-0.2, 0) is 4.79 Å².